The van der Waals surface area contributed by atoms with Crippen LogP contribution in [0.1, 0.15) is 322 Å². The van der Waals surface area contributed by atoms with Gasteiger partial charge >= 0.3 is 0 Å². The van der Waals surface area contributed by atoms with Gasteiger partial charge in [0.1, 0.15) is 13.2 Å². The molecule has 9 heteroatoms. The molecule has 0 aromatic heterocycles. The highest BCUT2D eigenvalue weighted by atomic mass is 31.2. The van der Waals surface area contributed by atoms with Crippen LogP contribution in [-0.2, 0) is 18.4 Å². The van der Waals surface area contributed by atoms with E-state index in [2.05, 4.69) is 19.2 Å². The third-order valence-electron chi connectivity index (χ3n) is 14.5. The number of carbonyl (C=O) groups excluding carboxylic acids is 1. The number of hydrogen-bond donors (Lipinski definition) is 2. The summed E-state index contributed by atoms with van der Waals surface area (Å²) in [4.78, 5) is 25.5. The van der Waals surface area contributed by atoms with Crippen LogP contribution in [0, 0.1) is 0 Å². The molecular formula is C61H123N2O6P. The van der Waals surface area contributed by atoms with Crippen LogP contribution in [0.5, 0.6) is 0 Å². The molecule has 0 radical (unpaired) electrons. The zero-order valence-electron chi connectivity index (χ0n) is 47.8. The van der Waals surface area contributed by atoms with E-state index in [4.69, 9.17) is 9.05 Å². The Morgan fingerprint density at radius 3 is 1.07 bits per heavy atom. The van der Waals surface area contributed by atoms with Gasteiger partial charge in [-0.2, -0.15) is 0 Å². The summed E-state index contributed by atoms with van der Waals surface area (Å²) in [6.07, 6.45) is 65.9. The number of allylic oxidation sites excluding steroid dienone is 1. The molecule has 0 aliphatic carbocycles. The predicted octanol–water partition coefficient (Wildman–Crippen LogP) is 18.4. The van der Waals surface area contributed by atoms with Gasteiger partial charge in [-0.15, -0.1) is 0 Å². The molecule has 8 nitrogen and oxygen atoms in total. The molecule has 0 heterocycles. The molecular weight excluding hydrogens is 888 g/mol. The van der Waals surface area contributed by atoms with Gasteiger partial charge in [0.15, 0.2) is 0 Å². The number of hydrogen-bond acceptors (Lipinski definition) is 6. The van der Waals surface area contributed by atoms with Gasteiger partial charge in [-0.3, -0.25) is 9.36 Å². The fourth-order valence-electron chi connectivity index (χ4n) is 9.63. The van der Waals surface area contributed by atoms with Crippen LogP contribution < -0.4 is 10.2 Å². The van der Waals surface area contributed by atoms with Crippen molar-refractivity contribution in [2.24, 2.45) is 0 Å². The van der Waals surface area contributed by atoms with Gasteiger partial charge in [-0.05, 0) is 19.3 Å². The van der Waals surface area contributed by atoms with Crippen molar-refractivity contribution >= 4 is 13.7 Å². The number of nitrogens with one attached hydrogen (secondary N) is 1. The zero-order valence-corrected chi connectivity index (χ0v) is 48.6. The molecule has 70 heavy (non-hydrogen) atoms. The van der Waals surface area contributed by atoms with E-state index in [9.17, 15) is 19.4 Å². The third-order valence-corrected chi connectivity index (χ3v) is 15.5. The molecule has 0 fully saturated rings. The van der Waals surface area contributed by atoms with Crippen molar-refractivity contribution < 1.29 is 32.9 Å². The van der Waals surface area contributed by atoms with Gasteiger partial charge in [0.05, 0.1) is 39.9 Å². The Kier molecular flexibility index (Phi) is 52.5. The summed E-state index contributed by atoms with van der Waals surface area (Å²) in [5.41, 5.74) is 0. The maximum absolute atomic E-state index is 13.0. The van der Waals surface area contributed by atoms with Crippen LogP contribution in [0.25, 0.3) is 0 Å². The second-order valence-corrected chi connectivity index (χ2v) is 24.2. The van der Waals surface area contributed by atoms with E-state index < -0.39 is 20.0 Å². The highest BCUT2D eigenvalue weighted by Gasteiger charge is 2.23. The summed E-state index contributed by atoms with van der Waals surface area (Å²) in [5.74, 6) is -0.190. The topological polar surface area (TPSA) is 108 Å². The Morgan fingerprint density at radius 1 is 0.486 bits per heavy atom. The van der Waals surface area contributed by atoms with Gasteiger partial charge < -0.3 is 28.8 Å². The largest absolute Gasteiger partial charge is 0.756 e. The summed E-state index contributed by atoms with van der Waals surface area (Å²) in [6.45, 7) is 4.71. The van der Waals surface area contributed by atoms with E-state index in [0.717, 1.165) is 38.5 Å². The minimum absolute atomic E-state index is 0.00276. The van der Waals surface area contributed by atoms with Crippen LogP contribution >= 0.6 is 7.82 Å². The van der Waals surface area contributed by atoms with Crippen LogP contribution in [-0.4, -0.2) is 68.5 Å². The first kappa shape index (κ1) is 69.2. The highest BCUT2D eigenvalue weighted by molar-refractivity contribution is 7.45. The maximum atomic E-state index is 13.0. The van der Waals surface area contributed by atoms with Gasteiger partial charge in [-0.1, -0.05) is 309 Å². The first-order valence-electron chi connectivity index (χ1n) is 31.1. The van der Waals surface area contributed by atoms with Gasteiger partial charge in [-0.25, -0.2) is 0 Å². The zero-order chi connectivity index (χ0) is 51.3. The SMILES string of the molecule is CCCCCCCCCCCCCCCCCCCCCCCCCCCCCC/C=C/C(O)C(COP(=O)([O-])OCC[N+](C)(C)C)NC(=O)CCCCCCCCCCCCCCCCCCCC. The molecule has 0 saturated carbocycles. The first-order chi connectivity index (χ1) is 34.0. The van der Waals surface area contributed by atoms with Gasteiger partial charge in [0.2, 0.25) is 5.91 Å². The van der Waals surface area contributed by atoms with Gasteiger partial charge in [0, 0.05) is 6.42 Å². The normalized spacial score (nSPS) is 13.9. The lowest BCUT2D eigenvalue weighted by Gasteiger charge is -2.29. The summed E-state index contributed by atoms with van der Waals surface area (Å²) < 4.78 is 23.4. The lowest BCUT2D eigenvalue weighted by molar-refractivity contribution is -0.870. The average molecular weight is 1010 g/mol. The van der Waals surface area contributed by atoms with Crippen molar-refractivity contribution in [3.8, 4) is 0 Å². The number of carbonyl (C=O) groups is 1. The Hall–Kier alpha value is -0.760. The molecule has 418 valence electrons. The Morgan fingerprint density at radius 2 is 0.771 bits per heavy atom. The van der Waals surface area contributed by atoms with E-state index in [1.807, 2.05) is 27.2 Å². The van der Waals surface area contributed by atoms with Crippen molar-refractivity contribution in [2.45, 2.75) is 334 Å². The number of rotatable bonds is 58. The molecule has 0 aliphatic heterocycles. The standard InChI is InChI=1S/C61H123N2O6P/c1-6-8-10-12-14-16-18-20-22-24-26-27-28-29-30-31-32-33-34-35-36-37-38-40-42-44-46-48-50-52-54-60(64)59(58-69-70(66,67)68-57-56-63(3,4)5)62-61(65)55-53-51-49-47-45-43-41-39-25-23-21-19-17-15-13-11-9-7-2/h52,54,59-60,64H,6-51,53,55-58H2,1-5H3,(H-,62,65,66,67)/b54-52+. The fraction of sp³-hybridized carbons (Fsp3) is 0.951. The Bertz CT molecular complexity index is 1150. The third kappa shape index (κ3) is 55.0. The van der Waals surface area contributed by atoms with Gasteiger partial charge in [0.25, 0.3) is 7.82 Å². The van der Waals surface area contributed by atoms with Crippen molar-refractivity contribution in [3.05, 3.63) is 12.2 Å². The van der Waals surface area contributed by atoms with Crippen molar-refractivity contribution in [1.82, 2.24) is 5.32 Å². The molecule has 0 spiro atoms. The Labute approximate surface area is 437 Å². The number of phosphoric acid groups is 1. The summed E-state index contributed by atoms with van der Waals surface area (Å²) >= 11 is 0. The number of nitrogens with zero attached hydrogens (tertiary/aromatic N) is 1. The van der Waals surface area contributed by atoms with E-state index in [1.54, 1.807) is 6.08 Å². The lowest BCUT2D eigenvalue weighted by atomic mass is 10.0. The van der Waals surface area contributed by atoms with Crippen LogP contribution in [0.15, 0.2) is 12.2 Å². The van der Waals surface area contributed by atoms with Crippen LogP contribution in [0.4, 0.5) is 0 Å². The molecule has 3 unspecified atom stereocenters. The number of amides is 1. The minimum atomic E-state index is -4.59. The van der Waals surface area contributed by atoms with E-state index in [0.29, 0.717) is 17.4 Å². The van der Waals surface area contributed by atoms with Crippen LogP contribution in [0.3, 0.4) is 0 Å². The molecule has 0 saturated heterocycles. The predicted molar refractivity (Wildman–Crippen MR) is 302 cm³/mol. The van der Waals surface area contributed by atoms with E-state index >= 15 is 0 Å². The second-order valence-electron chi connectivity index (χ2n) is 22.8. The quantitative estimate of drug-likeness (QED) is 0.0272. The van der Waals surface area contributed by atoms with E-state index in [-0.39, 0.29) is 19.1 Å². The number of quaternary nitrogens is 1. The number of aliphatic hydroxyl groups excluding tert-OH is 1. The molecule has 3 atom stereocenters. The highest BCUT2D eigenvalue weighted by Crippen LogP contribution is 2.38. The second kappa shape index (κ2) is 53.1. The summed E-state index contributed by atoms with van der Waals surface area (Å²) in [6, 6.07) is -0.882. The number of likely N-dealkylation sites (N-methyl/N-ethyl adjacent to an activating group) is 1. The van der Waals surface area contributed by atoms with E-state index in [1.165, 1.54) is 263 Å². The van der Waals surface area contributed by atoms with Crippen molar-refractivity contribution in [1.29, 1.82) is 0 Å². The number of unbranched alkanes of at least 4 members (excludes halogenated alkanes) is 45. The summed E-state index contributed by atoms with van der Waals surface area (Å²) in [7, 11) is 1.28. The molecule has 0 rings (SSSR count). The summed E-state index contributed by atoms with van der Waals surface area (Å²) in [5, 5.41) is 13.9. The molecule has 0 bridgehead atoms. The van der Waals surface area contributed by atoms with Crippen LogP contribution in [0.2, 0.25) is 0 Å². The monoisotopic (exact) mass is 1010 g/mol. The number of aliphatic hydroxyl groups is 1. The maximum Gasteiger partial charge on any atom is 0.268 e. The first-order valence-corrected chi connectivity index (χ1v) is 32.5. The molecule has 2 N–H and O–H groups in total. The minimum Gasteiger partial charge on any atom is -0.756 e. The fourth-order valence-corrected chi connectivity index (χ4v) is 10.4. The molecule has 0 aliphatic rings. The smallest absolute Gasteiger partial charge is 0.268 e. The average Bonchev–Trinajstić information content (AvgIpc) is 3.32. The molecule has 0 aromatic rings. The lowest BCUT2D eigenvalue weighted by Crippen LogP contribution is -2.45. The van der Waals surface area contributed by atoms with Crippen molar-refractivity contribution in [3.63, 3.8) is 0 Å². The molecule has 1 amide bonds. The molecule has 0 aromatic carbocycles. The number of phosphoric ester groups is 1. The van der Waals surface area contributed by atoms with Crippen molar-refractivity contribution in [2.75, 3.05) is 40.9 Å². The Balaban J connectivity index is 4.08.